The van der Waals surface area contributed by atoms with Gasteiger partial charge >= 0.3 is 5.63 Å². The third-order valence-electron chi connectivity index (χ3n) is 3.25. The highest BCUT2D eigenvalue weighted by atomic mass is 32.2. The Balaban J connectivity index is 1.92. The van der Waals surface area contributed by atoms with Crippen LogP contribution in [0.15, 0.2) is 62.6 Å². The molecule has 0 bridgehead atoms. The van der Waals surface area contributed by atoms with Crippen LogP contribution in [0.25, 0.3) is 11.0 Å². The number of benzene rings is 2. The molecule has 0 amide bonds. The number of thioether (sulfide) groups is 1. The van der Waals surface area contributed by atoms with Gasteiger partial charge in [0.1, 0.15) is 17.1 Å². The normalized spacial score (nSPS) is 10.8. The summed E-state index contributed by atoms with van der Waals surface area (Å²) in [6.07, 6.45) is 0. The summed E-state index contributed by atoms with van der Waals surface area (Å²) in [5.74, 6) is 0.973. The first kappa shape index (κ1) is 14.7. The van der Waals surface area contributed by atoms with E-state index in [4.69, 9.17) is 9.15 Å². The van der Waals surface area contributed by atoms with Crippen molar-refractivity contribution in [3.8, 4) is 5.75 Å². The molecule has 0 radical (unpaired) electrons. The number of fused-ring (bicyclic) bond motifs is 1. The van der Waals surface area contributed by atoms with E-state index in [0.717, 1.165) is 15.8 Å². The van der Waals surface area contributed by atoms with E-state index in [0.29, 0.717) is 17.1 Å². The molecule has 0 aliphatic rings. The molecule has 3 rings (SSSR count). The van der Waals surface area contributed by atoms with Crippen LogP contribution >= 0.6 is 11.8 Å². The van der Waals surface area contributed by atoms with Crippen molar-refractivity contribution < 1.29 is 13.5 Å². The van der Waals surface area contributed by atoms with Crippen molar-refractivity contribution in [3.05, 3.63) is 70.3 Å². The van der Waals surface area contributed by atoms with Crippen LogP contribution in [0.5, 0.6) is 5.75 Å². The highest BCUT2D eigenvalue weighted by Crippen LogP contribution is 2.28. The first-order valence-electron chi connectivity index (χ1n) is 6.65. The Morgan fingerprint density at radius 2 is 1.91 bits per heavy atom. The Morgan fingerprint density at radius 1 is 1.14 bits per heavy atom. The second kappa shape index (κ2) is 6.23. The molecule has 0 saturated heterocycles. The first-order valence-corrected chi connectivity index (χ1v) is 7.63. The third kappa shape index (κ3) is 3.14. The standard InChI is InChI=1S/C17H13FO3S/c1-20-13-4-7-15-11(8-17(19)21-16(15)9-13)10-22-14-5-2-12(18)3-6-14/h2-9H,10H2,1H3. The van der Waals surface area contributed by atoms with Crippen LogP contribution in [0, 0.1) is 5.82 Å². The van der Waals surface area contributed by atoms with Crippen molar-refractivity contribution in [1.82, 2.24) is 0 Å². The SMILES string of the molecule is COc1ccc2c(CSc3ccc(F)cc3)cc(=O)oc2c1. The van der Waals surface area contributed by atoms with Crippen LogP contribution in [0.4, 0.5) is 4.39 Å². The minimum Gasteiger partial charge on any atom is -0.497 e. The molecular formula is C17H13FO3S. The topological polar surface area (TPSA) is 39.4 Å². The van der Waals surface area contributed by atoms with E-state index in [9.17, 15) is 9.18 Å². The lowest BCUT2D eigenvalue weighted by Crippen LogP contribution is -2.00. The third-order valence-corrected chi connectivity index (χ3v) is 4.31. The van der Waals surface area contributed by atoms with Gasteiger partial charge in [0.05, 0.1) is 7.11 Å². The Labute approximate surface area is 130 Å². The lowest BCUT2D eigenvalue weighted by atomic mass is 10.1. The average Bonchev–Trinajstić information content (AvgIpc) is 2.53. The maximum atomic E-state index is 12.9. The van der Waals surface area contributed by atoms with Crippen molar-refractivity contribution in [1.29, 1.82) is 0 Å². The van der Waals surface area contributed by atoms with Crippen LogP contribution < -0.4 is 10.4 Å². The first-order chi connectivity index (χ1) is 10.7. The van der Waals surface area contributed by atoms with Crippen LogP contribution in [-0.4, -0.2) is 7.11 Å². The zero-order valence-electron chi connectivity index (χ0n) is 11.8. The summed E-state index contributed by atoms with van der Waals surface area (Å²) in [5.41, 5.74) is 0.986. The smallest absolute Gasteiger partial charge is 0.336 e. The fourth-order valence-electron chi connectivity index (χ4n) is 2.15. The van der Waals surface area contributed by atoms with Crippen LogP contribution in [0.3, 0.4) is 0 Å². The van der Waals surface area contributed by atoms with Crippen molar-refractivity contribution in [2.75, 3.05) is 7.11 Å². The molecule has 0 atom stereocenters. The molecule has 1 heterocycles. The molecule has 5 heteroatoms. The molecule has 22 heavy (non-hydrogen) atoms. The molecule has 2 aromatic carbocycles. The van der Waals surface area contributed by atoms with Crippen LogP contribution in [-0.2, 0) is 5.75 Å². The minimum absolute atomic E-state index is 0.262. The lowest BCUT2D eigenvalue weighted by molar-refractivity contribution is 0.414. The molecule has 0 aliphatic carbocycles. The highest BCUT2D eigenvalue weighted by Gasteiger charge is 2.07. The number of rotatable bonds is 4. The largest absolute Gasteiger partial charge is 0.497 e. The van der Waals surface area contributed by atoms with E-state index in [2.05, 4.69) is 0 Å². The van der Waals surface area contributed by atoms with Gasteiger partial charge in [-0.05, 0) is 42.0 Å². The average molecular weight is 316 g/mol. The molecule has 112 valence electrons. The summed E-state index contributed by atoms with van der Waals surface area (Å²) in [7, 11) is 1.56. The molecule has 0 unspecified atom stereocenters. The van der Waals surface area contributed by atoms with Gasteiger partial charge in [0.15, 0.2) is 0 Å². The summed E-state index contributed by atoms with van der Waals surface area (Å²) >= 11 is 1.54. The van der Waals surface area contributed by atoms with Crippen molar-refractivity contribution in [2.45, 2.75) is 10.6 Å². The highest BCUT2D eigenvalue weighted by molar-refractivity contribution is 7.98. The van der Waals surface area contributed by atoms with Gasteiger partial charge in [-0.15, -0.1) is 11.8 Å². The summed E-state index contributed by atoms with van der Waals surface area (Å²) in [6.45, 7) is 0. The maximum Gasteiger partial charge on any atom is 0.336 e. The van der Waals surface area contributed by atoms with Crippen LogP contribution in [0.2, 0.25) is 0 Å². The predicted molar refractivity (Wildman–Crippen MR) is 85.0 cm³/mol. The molecule has 3 nitrogen and oxygen atoms in total. The van der Waals surface area contributed by atoms with Gasteiger partial charge in [0.25, 0.3) is 0 Å². The number of ether oxygens (including phenoxy) is 1. The van der Waals surface area contributed by atoms with E-state index in [1.165, 1.54) is 30.0 Å². The fraction of sp³-hybridized carbons (Fsp3) is 0.118. The molecule has 1 aromatic heterocycles. The van der Waals surface area contributed by atoms with E-state index in [-0.39, 0.29) is 5.82 Å². The molecule has 0 spiro atoms. The number of hydrogen-bond acceptors (Lipinski definition) is 4. The van der Waals surface area contributed by atoms with Crippen molar-refractivity contribution in [2.24, 2.45) is 0 Å². The van der Waals surface area contributed by atoms with Crippen molar-refractivity contribution >= 4 is 22.7 Å². The Morgan fingerprint density at radius 3 is 2.64 bits per heavy atom. The Kier molecular flexibility index (Phi) is 4.15. The fourth-order valence-corrected chi connectivity index (χ4v) is 3.04. The second-order valence-electron chi connectivity index (χ2n) is 4.70. The van der Waals surface area contributed by atoms with E-state index in [1.807, 2.05) is 12.1 Å². The molecule has 0 N–H and O–H groups in total. The zero-order chi connectivity index (χ0) is 15.5. The number of halogens is 1. The van der Waals surface area contributed by atoms with Crippen LogP contribution in [0.1, 0.15) is 5.56 Å². The summed E-state index contributed by atoms with van der Waals surface area (Å²) in [6, 6.07) is 13.2. The summed E-state index contributed by atoms with van der Waals surface area (Å²) < 4.78 is 23.3. The predicted octanol–water partition coefficient (Wildman–Crippen LogP) is 4.23. The van der Waals surface area contributed by atoms with Gasteiger partial charge in [0, 0.05) is 28.2 Å². The number of hydrogen-bond donors (Lipinski definition) is 0. The lowest BCUT2D eigenvalue weighted by Gasteiger charge is -2.07. The molecule has 0 saturated carbocycles. The van der Waals surface area contributed by atoms with Gasteiger partial charge in [-0.2, -0.15) is 0 Å². The van der Waals surface area contributed by atoms with E-state index < -0.39 is 5.63 Å². The van der Waals surface area contributed by atoms with E-state index >= 15 is 0 Å². The van der Waals surface area contributed by atoms with Crippen molar-refractivity contribution in [3.63, 3.8) is 0 Å². The Bertz CT molecular complexity index is 856. The summed E-state index contributed by atoms with van der Waals surface area (Å²) in [4.78, 5) is 12.6. The van der Waals surface area contributed by atoms with Gasteiger partial charge in [-0.25, -0.2) is 9.18 Å². The van der Waals surface area contributed by atoms with Gasteiger partial charge in [-0.3, -0.25) is 0 Å². The maximum absolute atomic E-state index is 12.9. The monoisotopic (exact) mass is 316 g/mol. The number of methoxy groups -OCH3 is 1. The van der Waals surface area contributed by atoms with Gasteiger partial charge in [-0.1, -0.05) is 0 Å². The van der Waals surface area contributed by atoms with E-state index in [1.54, 1.807) is 25.3 Å². The molecule has 0 fully saturated rings. The van der Waals surface area contributed by atoms with Gasteiger partial charge in [0.2, 0.25) is 0 Å². The molecule has 0 aliphatic heterocycles. The quantitative estimate of drug-likeness (QED) is 0.533. The second-order valence-corrected chi connectivity index (χ2v) is 5.74. The summed E-state index contributed by atoms with van der Waals surface area (Å²) in [5, 5.41) is 0.870. The Hall–Kier alpha value is -2.27. The van der Waals surface area contributed by atoms with Gasteiger partial charge < -0.3 is 9.15 Å². The molecule has 3 aromatic rings. The minimum atomic E-state index is -0.393. The zero-order valence-corrected chi connectivity index (χ0v) is 12.7. The molecular weight excluding hydrogens is 303 g/mol.